The van der Waals surface area contributed by atoms with Crippen LogP contribution in [0.3, 0.4) is 0 Å². The lowest BCUT2D eigenvalue weighted by Gasteiger charge is -2.09. The topological polar surface area (TPSA) is 77.8 Å². The summed E-state index contributed by atoms with van der Waals surface area (Å²) in [4.78, 5) is 11.3. The molecule has 0 radical (unpaired) electrons. The standard InChI is InChI=1S/C19H16O4/c20-16-10-15(18(19(22)23)17(21)11-16)8-6-12-5-7-13-3-1-2-4-14(13)9-12/h1-5,7,9-11,20-21H,6,8H2,(H,22,23). The molecule has 0 aliphatic rings. The highest BCUT2D eigenvalue weighted by atomic mass is 16.4. The first-order valence-electron chi connectivity index (χ1n) is 7.30. The SMILES string of the molecule is O=C(O)c1c(O)cc(O)cc1CCc1ccc2ccccc2c1. The zero-order valence-electron chi connectivity index (χ0n) is 12.4. The second-order valence-corrected chi connectivity index (χ2v) is 5.49. The number of phenolic OH excluding ortho intramolecular Hbond substituents is 1. The summed E-state index contributed by atoms with van der Waals surface area (Å²) in [5, 5.41) is 30.8. The molecule has 0 fully saturated rings. The minimum Gasteiger partial charge on any atom is -0.508 e. The van der Waals surface area contributed by atoms with Gasteiger partial charge in [0.15, 0.2) is 0 Å². The van der Waals surface area contributed by atoms with Crippen LogP contribution in [0.1, 0.15) is 21.5 Å². The van der Waals surface area contributed by atoms with Gasteiger partial charge in [-0.3, -0.25) is 0 Å². The van der Waals surface area contributed by atoms with Crippen LogP contribution in [0, 0.1) is 0 Å². The molecule has 23 heavy (non-hydrogen) atoms. The number of phenols is 2. The zero-order valence-corrected chi connectivity index (χ0v) is 12.4. The van der Waals surface area contributed by atoms with Gasteiger partial charge in [-0.1, -0.05) is 42.5 Å². The molecule has 0 saturated carbocycles. The van der Waals surface area contributed by atoms with Crippen molar-refractivity contribution < 1.29 is 20.1 Å². The summed E-state index contributed by atoms with van der Waals surface area (Å²) in [6, 6.07) is 16.6. The maximum atomic E-state index is 11.3. The number of hydrogen-bond donors (Lipinski definition) is 3. The molecule has 4 nitrogen and oxygen atoms in total. The fourth-order valence-electron chi connectivity index (χ4n) is 2.79. The summed E-state index contributed by atoms with van der Waals surface area (Å²) in [6.45, 7) is 0. The van der Waals surface area contributed by atoms with E-state index >= 15 is 0 Å². The van der Waals surface area contributed by atoms with Gasteiger partial charge in [0.1, 0.15) is 17.1 Å². The van der Waals surface area contributed by atoms with E-state index in [0.29, 0.717) is 18.4 Å². The summed E-state index contributed by atoms with van der Waals surface area (Å²) in [6.07, 6.45) is 1.04. The van der Waals surface area contributed by atoms with Gasteiger partial charge in [-0.05, 0) is 40.8 Å². The van der Waals surface area contributed by atoms with Crippen LogP contribution in [-0.4, -0.2) is 21.3 Å². The summed E-state index contributed by atoms with van der Waals surface area (Å²) in [5.41, 5.74) is 1.34. The molecule has 0 aliphatic carbocycles. The molecule has 3 aromatic rings. The lowest BCUT2D eigenvalue weighted by atomic mass is 9.97. The van der Waals surface area contributed by atoms with Gasteiger partial charge in [0.2, 0.25) is 0 Å². The number of rotatable bonds is 4. The molecular weight excluding hydrogens is 292 g/mol. The number of fused-ring (bicyclic) bond motifs is 1. The van der Waals surface area contributed by atoms with Crippen LogP contribution in [0.15, 0.2) is 54.6 Å². The zero-order chi connectivity index (χ0) is 16.4. The van der Waals surface area contributed by atoms with Gasteiger partial charge >= 0.3 is 5.97 Å². The van der Waals surface area contributed by atoms with Crippen molar-refractivity contribution in [3.63, 3.8) is 0 Å². The molecule has 0 atom stereocenters. The molecule has 0 saturated heterocycles. The van der Waals surface area contributed by atoms with Crippen LogP contribution < -0.4 is 0 Å². The van der Waals surface area contributed by atoms with E-state index in [4.69, 9.17) is 0 Å². The maximum absolute atomic E-state index is 11.3. The Morgan fingerprint density at radius 1 is 0.870 bits per heavy atom. The monoisotopic (exact) mass is 308 g/mol. The molecule has 0 heterocycles. The fraction of sp³-hybridized carbons (Fsp3) is 0.105. The minimum atomic E-state index is -1.20. The lowest BCUT2D eigenvalue weighted by Crippen LogP contribution is -2.04. The summed E-state index contributed by atoms with van der Waals surface area (Å²) < 4.78 is 0. The van der Waals surface area contributed by atoms with E-state index < -0.39 is 11.7 Å². The van der Waals surface area contributed by atoms with Crippen molar-refractivity contribution in [3.8, 4) is 11.5 Å². The van der Waals surface area contributed by atoms with E-state index in [-0.39, 0.29) is 11.3 Å². The highest BCUT2D eigenvalue weighted by Crippen LogP contribution is 2.28. The van der Waals surface area contributed by atoms with Crippen molar-refractivity contribution in [1.29, 1.82) is 0 Å². The Morgan fingerprint density at radius 3 is 2.35 bits per heavy atom. The van der Waals surface area contributed by atoms with Crippen LogP contribution in [0.4, 0.5) is 0 Å². The molecule has 0 spiro atoms. The molecule has 3 N–H and O–H groups in total. The predicted octanol–water partition coefficient (Wildman–Crippen LogP) is 3.73. The molecule has 4 heteroatoms. The minimum absolute atomic E-state index is 0.138. The van der Waals surface area contributed by atoms with E-state index in [2.05, 4.69) is 6.07 Å². The molecule has 3 rings (SSSR count). The normalized spacial score (nSPS) is 10.8. The van der Waals surface area contributed by atoms with E-state index in [1.54, 1.807) is 0 Å². The number of aromatic carboxylic acids is 1. The van der Waals surface area contributed by atoms with Gasteiger partial charge in [-0.2, -0.15) is 0 Å². The van der Waals surface area contributed by atoms with E-state index in [0.717, 1.165) is 22.4 Å². The second-order valence-electron chi connectivity index (χ2n) is 5.49. The Labute approximate surface area is 133 Å². The quantitative estimate of drug-likeness (QED) is 0.686. The van der Waals surface area contributed by atoms with Gasteiger partial charge < -0.3 is 15.3 Å². The van der Waals surface area contributed by atoms with Gasteiger partial charge in [0, 0.05) is 6.07 Å². The Bertz CT molecular complexity index is 884. The first kappa shape index (κ1) is 14.9. The molecule has 0 bridgehead atoms. The Kier molecular flexibility index (Phi) is 3.89. The van der Waals surface area contributed by atoms with Crippen LogP contribution in [0.2, 0.25) is 0 Å². The number of carboxylic acid groups (broad SMARTS) is 1. The van der Waals surface area contributed by atoms with Gasteiger partial charge in [0.05, 0.1) is 0 Å². The molecule has 116 valence electrons. The summed E-state index contributed by atoms with van der Waals surface area (Å²) in [7, 11) is 0. The number of aromatic hydroxyl groups is 2. The van der Waals surface area contributed by atoms with Crippen molar-refractivity contribution in [1.82, 2.24) is 0 Å². The predicted molar refractivity (Wildman–Crippen MR) is 88.1 cm³/mol. The molecule has 0 aromatic heterocycles. The van der Waals surface area contributed by atoms with Gasteiger partial charge in [-0.25, -0.2) is 4.79 Å². The molecule has 0 amide bonds. The highest BCUT2D eigenvalue weighted by molar-refractivity contribution is 5.93. The van der Waals surface area contributed by atoms with E-state index in [9.17, 15) is 20.1 Å². The Morgan fingerprint density at radius 2 is 1.61 bits per heavy atom. The second kappa shape index (κ2) is 6.01. The molecular formula is C19H16O4. The summed E-state index contributed by atoms with van der Waals surface area (Å²) in [5.74, 6) is -1.75. The smallest absolute Gasteiger partial charge is 0.339 e. The van der Waals surface area contributed by atoms with Crippen LogP contribution in [-0.2, 0) is 12.8 Å². The lowest BCUT2D eigenvalue weighted by molar-refractivity contribution is 0.0692. The van der Waals surface area contributed by atoms with Gasteiger partial charge in [-0.15, -0.1) is 0 Å². The van der Waals surface area contributed by atoms with Crippen molar-refractivity contribution >= 4 is 16.7 Å². The molecule has 0 unspecified atom stereocenters. The fourth-order valence-corrected chi connectivity index (χ4v) is 2.79. The number of hydrogen-bond acceptors (Lipinski definition) is 3. The largest absolute Gasteiger partial charge is 0.508 e. The number of aryl methyl sites for hydroxylation is 2. The van der Waals surface area contributed by atoms with Crippen molar-refractivity contribution in [3.05, 3.63) is 71.3 Å². The average molecular weight is 308 g/mol. The highest BCUT2D eigenvalue weighted by Gasteiger charge is 2.16. The first-order chi connectivity index (χ1) is 11.0. The van der Waals surface area contributed by atoms with Crippen molar-refractivity contribution in [2.45, 2.75) is 12.8 Å². The van der Waals surface area contributed by atoms with E-state index in [1.807, 2.05) is 36.4 Å². The third kappa shape index (κ3) is 3.11. The van der Waals surface area contributed by atoms with Crippen molar-refractivity contribution in [2.75, 3.05) is 0 Å². The molecule has 3 aromatic carbocycles. The average Bonchev–Trinajstić information content (AvgIpc) is 2.51. The van der Waals surface area contributed by atoms with E-state index in [1.165, 1.54) is 6.07 Å². The van der Waals surface area contributed by atoms with Crippen LogP contribution >= 0.6 is 0 Å². The third-order valence-electron chi connectivity index (χ3n) is 3.89. The van der Waals surface area contributed by atoms with Crippen molar-refractivity contribution in [2.24, 2.45) is 0 Å². The first-order valence-corrected chi connectivity index (χ1v) is 7.30. The maximum Gasteiger partial charge on any atom is 0.339 e. The third-order valence-corrected chi connectivity index (χ3v) is 3.89. The number of carboxylic acids is 1. The van der Waals surface area contributed by atoms with Crippen LogP contribution in [0.5, 0.6) is 11.5 Å². The summed E-state index contributed by atoms with van der Waals surface area (Å²) >= 11 is 0. The number of carbonyl (C=O) groups is 1. The Balaban J connectivity index is 1.88. The number of benzene rings is 3. The Hall–Kier alpha value is -3.01. The van der Waals surface area contributed by atoms with Gasteiger partial charge in [0.25, 0.3) is 0 Å². The molecule has 0 aliphatic heterocycles. The van der Waals surface area contributed by atoms with Crippen LogP contribution in [0.25, 0.3) is 10.8 Å².